The smallest absolute Gasteiger partial charge is 0.137 e. The van der Waals surface area contributed by atoms with Gasteiger partial charge < -0.3 is 4.79 Å². The van der Waals surface area contributed by atoms with Crippen LogP contribution in [0.15, 0.2) is 0 Å². The molecular formula is C12H21ClO2. The van der Waals surface area contributed by atoms with E-state index in [2.05, 4.69) is 0 Å². The Kier molecular flexibility index (Phi) is 6.11. The Balaban J connectivity index is 4.16. The summed E-state index contributed by atoms with van der Waals surface area (Å²) in [5, 5.41) is 0. The molecule has 0 aromatic rings. The Hall–Kier alpha value is -0.370. The van der Waals surface area contributed by atoms with Crippen LogP contribution in [0.3, 0.4) is 0 Å². The molecule has 0 fully saturated rings. The van der Waals surface area contributed by atoms with Crippen LogP contribution in [-0.2, 0) is 9.59 Å². The van der Waals surface area contributed by atoms with Crippen LogP contribution in [0.2, 0.25) is 0 Å². The first-order chi connectivity index (χ1) is 6.76. The maximum Gasteiger partial charge on any atom is 0.137 e. The molecular weight excluding hydrogens is 212 g/mol. The first-order valence-electron chi connectivity index (χ1n) is 5.47. The SMILES string of the molecule is CCC(CCC(C)=O)C(=O)CC(C)(C)Cl. The maximum atomic E-state index is 11.8. The Labute approximate surface area is 97.4 Å². The maximum absolute atomic E-state index is 11.8. The van der Waals surface area contributed by atoms with Crippen molar-refractivity contribution in [1.82, 2.24) is 0 Å². The summed E-state index contributed by atoms with van der Waals surface area (Å²) in [6, 6.07) is 0. The van der Waals surface area contributed by atoms with Gasteiger partial charge in [-0.3, -0.25) is 4.79 Å². The molecule has 0 spiro atoms. The van der Waals surface area contributed by atoms with E-state index in [1.54, 1.807) is 6.92 Å². The first-order valence-corrected chi connectivity index (χ1v) is 5.85. The largest absolute Gasteiger partial charge is 0.300 e. The lowest BCUT2D eigenvalue weighted by molar-refractivity contribution is -0.124. The monoisotopic (exact) mass is 232 g/mol. The molecule has 0 saturated heterocycles. The van der Waals surface area contributed by atoms with E-state index in [1.165, 1.54) is 0 Å². The number of hydrogen-bond acceptors (Lipinski definition) is 2. The van der Waals surface area contributed by atoms with Crippen LogP contribution in [0.5, 0.6) is 0 Å². The van der Waals surface area contributed by atoms with Crippen molar-refractivity contribution in [2.75, 3.05) is 0 Å². The number of Topliss-reactive ketones (excluding diaryl/α,β-unsaturated/α-hetero) is 2. The second-order valence-corrected chi connectivity index (χ2v) is 5.73. The van der Waals surface area contributed by atoms with Gasteiger partial charge in [0.05, 0.1) is 0 Å². The summed E-state index contributed by atoms with van der Waals surface area (Å²) in [7, 11) is 0. The highest BCUT2D eigenvalue weighted by molar-refractivity contribution is 6.24. The average molecular weight is 233 g/mol. The minimum Gasteiger partial charge on any atom is -0.300 e. The van der Waals surface area contributed by atoms with E-state index in [0.717, 1.165) is 6.42 Å². The molecule has 2 nitrogen and oxygen atoms in total. The third-order valence-electron chi connectivity index (χ3n) is 2.39. The number of carbonyl (C=O) groups excluding carboxylic acids is 2. The fraction of sp³-hybridized carbons (Fsp3) is 0.833. The molecule has 0 N–H and O–H groups in total. The van der Waals surface area contributed by atoms with Gasteiger partial charge in [0.1, 0.15) is 11.6 Å². The molecule has 0 saturated carbocycles. The quantitative estimate of drug-likeness (QED) is 0.631. The number of alkyl halides is 1. The molecule has 3 heteroatoms. The van der Waals surface area contributed by atoms with E-state index in [0.29, 0.717) is 19.3 Å². The number of ketones is 2. The van der Waals surface area contributed by atoms with E-state index in [9.17, 15) is 9.59 Å². The highest BCUT2D eigenvalue weighted by atomic mass is 35.5. The van der Waals surface area contributed by atoms with E-state index in [4.69, 9.17) is 11.6 Å². The molecule has 0 aliphatic carbocycles. The van der Waals surface area contributed by atoms with Gasteiger partial charge in [-0.1, -0.05) is 6.92 Å². The number of halogens is 1. The lowest BCUT2D eigenvalue weighted by Crippen LogP contribution is -2.23. The van der Waals surface area contributed by atoms with E-state index in [-0.39, 0.29) is 17.5 Å². The van der Waals surface area contributed by atoms with E-state index < -0.39 is 4.87 Å². The molecule has 88 valence electrons. The molecule has 15 heavy (non-hydrogen) atoms. The molecule has 0 bridgehead atoms. The van der Waals surface area contributed by atoms with Gasteiger partial charge in [0.15, 0.2) is 0 Å². The van der Waals surface area contributed by atoms with E-state index >= 15 is 0 Å². The van der Waals surface area contributed by atoms with Gasteiger partial charge in [-0.25, -0.2) is 0 Å². The Morgan fingerprint density at radius 1 is 1.33 bits per heavy atom. The number of carbonyl (C=O) groups is 2. The molecule has 1 unspecified atom stereocenters. The van der Waals surface area contributed by atoms with Crippen molar-refractivity contribution >= 4 is 23.2 Å². The number of hydrogen-bond donors (Lipinski definition) is 0. The van der Waals surface area contributed by atoms with Crippen molar-refractivity contribution in [2.24, 2.45) is 5.92 Å². The van der Waals surface area contributed by atoms with Gasteiger partial charge in [-0.05, 0) is 33.6 Å². The summed E-state index contributed by atoms with van der Waals surface area (Å²) in [6.07, 6.45) is 2.33. The molecule has 0 aliphatic heterocycles. The third-order valence-corrected chi connectivity index (χ3v) is 2.52. The fourth-order valence-corrected chi connectivity index (χ4v) is 1.66. The molecule has 0 aliphatic rings. The van der Waals surface area contributed by atoms with Crippen LogP contribution in [0.4, 0.5) is 0 Å². The van der Waals surface area contributed by atoms with Gasteiger partial charge in [0.25, 0.3) is 0 Å². The van der Waals surface area contributed by atoms with Crippen molar-refractivity contribution < 1.29 is 9.59 Å². The molecule has 0 radical (unpaired) electrons. The van der Waals surface area contributed by atoms with Gasteiger partial charge in [0.2, 0.25) is 0 Å². The summed E-state index contributed by atoms with van der Waals surface area (Å²) in [6.45, 7) is 7.21. The topological polar surface area (TPSA) is 34.1 Å². The second kappa shape index (κ2) is 6.26. The van der Waals surface area contributed by atoms with Crippen LogP contribution in [0.25, 0.3) is 0 Å². The fourth-order valence-electron chi connectivity index (χ4n) is 1.53. The predicted octanol–water partition coefficient (Wildman–Crippen LogP) is 3.36. The van der Waals surface area contributed by atoms with Crippen LogP contribution in [-0.4, -0.2) is 16.4 Å². The Morgan fingerprint density at radius 3 is 2.20 bits per heavy atom. The van der Waals surface area contributed by atoms with Crippen molar-refractivity contribution in [3.63, 3.8) is 0 Å². The zero-order valence-electron chi connectivity index (χ0n) is 10.1. The second-order valence-electron chi connectivity index (χ2n) is 4.71. The Morgan fingerprint density at radius 2 is 1.87 bits per heavy atom. The summed E-state index contributed by atoms with van der Waals surface area (Å²) in [4.78, 5) is 22.2. The normalized spacial score (nSPS) is 13.7. The zero-order chi connectivity index (χ0) is 12.1. The van der Waals surface area contributed by atoms with Crippen molar-refractivity contribution in [1.29, 1.82) is 0 Å². The van der Waals surface area contributed by atoms with Gasteiger partial charge in [-0.2, -0.15) is 0 Å². The highest BCUT2D eigenvalue weighted by Gasteiger charge is 2.24. The average Bonchev–Trinajstić information content (AvgIpc) is 2.01. The van der Waals surface area contributed by atoms with Gasteiger partial charge >= 0.3 is 0 Å². The molecule has 0 heterocycles. The lowest BCUT2D eigenvalue weighted by atomic mass is 9.89. The zero-order valence-corrected chi connectivity index (χ0v) is 10.9. The summed E-state index contributed by atoms with van der Waals surface area (Å²) < 4.78 is 0. The minimum atomic E-state index is -0.472. The van der Waals surface area contributed by atoms with Crippen LogP contribution >= 0.6 is 11.6 Å². The van der Waals surface area contributed by atoms with Crippen LogP contribution in [0.1, 0.15) is 53.4 Å². The highest BCUT2D eigenvalue weighted by Crippen LogP contribution is 2.23. The standard InChI is InChI=1S/C12H21ClO2/c1-5-10(7-6-9(2)14)11(15)8-12(3,4)13/h10H,5-8H2,1-4H3. The first kappa shape index (κ1) is 14.6. The van der Waals surface area contributed by atoms with Gasteiger partial charge in [-0.15, -0.1) is 11.6 Å². The summed E-state index contributed by atoms with van der Waals surface area (Å²) >= 11 is 6.00. The molecule has 0 rings (SSSR count). The molecule has 1 atom stereocenters. The van der Waals surface area contributed by atoms with Crippen LogP contribution in [0, 0.1) is 5.92 Å². The third kappa shape index (κ3) is 7.55. The molecule has 0 amide bonds. The predicted molar refractivity (Wildman–Crippen MR) is 63.3 cm³/mol. The van der Waals surface area contributed by atoms with Crippen molar-refractivity contribution in [3.8, 4) is 0 Å². The van der Waals surface area contributed by atoms with Crippen molar-refractivity contribution in [2.45, 2.75) is 58.3 Å². The van der Waals surface area contributed by atoms with Crippen LogP contribution < -0.4 is 0 Å². The summed E-state index contributed by atoms with van der Waals surface area (Å²) in [5.41, 5.74) is 0. The lowest BCUT2D eigenvalue weighted by Gasteiger charge is -2.19. The van der Waals surface area contributed by atoms with Crippen molar-refractivity contribution in [3.05, 3.63) is 0 Å². The molecule has 0 aromatic carbocycles. The van der Waals surface area contributed by atoms with Gasteiger partial charge in [0, 0.05) is 23.6 Å². The van der Waals surface area contributed by atoms with E-state index in [1.807, 2.05) is 20.8 Å². The molecule has 0 aromatic heterocycles. The Bertz CT molecular complexity index is 228. The number of rotatable bonds is 7. The summed E-state index contributed by atoms with van der Waals surface area (Å²) in [5.74, 6) is 0.317. The minimum absolute atomic E-state index is 0.00748.